The molecule has 0 aliphatic heterocycles. The third-order valence-electron chi connectivity index (χ3n) is 2.75. The SMILES string of the molecule is CC(NCC(=O)Nc1ccccc1F)(C(=O)O)C(F)(F)F. The number of nitrogens with one attached hydrogen (secondary N) is 2. The number of carboxylic acids is 1. The number of aliphatic carboxylic acids is 1. The summed E-state index contributed by atoms with van der Waals surface area (Å²) in [5.74, 6) is -3.94. The van der Waals surface area contributed by atoms with Gasteiger partial charge in [0.25, 0.3) is 0 Å². The van der Waals surface area contributed by atoms with E-state index >= 15 is 0 Å². The van der Waals surface area contributed by atoms with Crippen LogP contribution in [0.3, 0.4) is 0 Å². The molecule has 0 aliphatic rings. The van der Waals surface area contributed by atoms with Crippen LogP contribution < -0.4 is 10.6 Å². The molecule has 0 saturated heterocycles. The van der Waals surface area contributed by atoms with Crippen molar-refractivity contribution in [2.24, 2.45) is 0 Å². The molecule has 0 heterocycles. The van der Waals surface area contributed by atoms with Gasteiger partial charge in [0.2, 0.25) is 11.4 Å². The summed E-state index contributed by atoms with van der Waals surface area (Å²) < 4.78 is 51.2. The number of carbonyl (C=O) groups excluding carboxylic acids is 1. The molecule has 1 aromatic rings. The second kappa shape index (κ2) is 6.08. The first kappa shape index (κ1) is 16.9. The van der Waals surface area contributed by atoms with Crippen molar-refractivity contribution >= 4 is 17.6 Å². The van der Waals surface area contributed by atoms with Crippen LogP contribution in [0.2, 0.25) is 0 Å². The molecule has 0 saturated carbocycles. The number of halogens is 4. The fraction of sp³-hybridized carbons (Fsp3) is 0.333. The summed E-state index contributed by atoms with van der Waals surface area (Å²) in [5, 5.41) is 12.3. The Balaban J connectivity index is 2.72. The Morgan fingerprint density at radius 1 is 1.24 bits per heavy atom. The average Bonchev–Trinajstić information content (AvgIpc) is 2.37. The summed E-state index contributed by atoms with van der Waals surface area (Å²) in [7, 11) is 0. The molecule has 1 rings (SSSR count). The van der Waals surface area contributed by atoms with Crippen LogP contribution in [0.15, 0.2) is 24.3 Å². The van der Waals surface area contributed by atoms with Gasteiger partial charge < -0.3 is 10.4 Å². The highest BCUT2D eigenvalue weighted by Gasteiger charge is 2.57. The number of carboxylic acid groups (broad SMARTS) is 1. The Labute approximate surface area is 117 Å². The smallest absolute Gasteiger partial charge is 0.417 e. The molecule has 0 radical (unpaired) electrons. The maximum Gasteiger partial charge on any atom is 0.417 e. The normalized spacial score (nSPS) is 14.3. The maximum absolute atomic E-state index is 13.2. The molecule has 3 N–H and O–H groups in total. The summed E-state index contributed by atoms with van der Waals surface area (Å²) in [4.78, 5) is 22.2. The van der Waals surface area contributed by atoms with Crippen molar-refractivity contribution in [3.05, 3.63) is 30.1 Å². The molecule has 9 heteroatoms. The number of hydrogen-bond donors (Lipinski definition) is 3. The van der Waals surface area contributed by atoms with Crippen molar-refractivity contribution < 1.29 is 32.3 Å². The van der Waals surface area contributed by atoms with Gasteiger partial charge in [0.05, 0.1) is 12.2 Å². The van der Waals surface area contributed by atoms with Crippen LogP contribution >= 0.6 is 0 Å². The molecule has 0 spiro atoms. The molecule has 0 bridgehead atoms. The van der Waals surface area contributed by atoms with Crippen LogP contribution in [0.4, 0.5) is 23.2 Å². The van der Waals surface area contributed by atoms with Crippen LogP contribution in [-0.4, -0.2) is 35.2 Å². The van der Waals surface area contributed by atoms with E-state index in [-0.39, 0.29) is 5.69 Å². The zero-order chi connectivity index (χ0) is 16.3. The minimum atomic E-state index is -5.10. The quantitative estimate of drug-likeness (QED) is 0.724. The fourth-order valence-electron chi connectivity index (χ4n) is 1.31. The van der Waals surface area contributed by atoms with Crippen LogP contribution in [0.1, 0.15) is 6.92 Å². The zero-order valence-electron chi connectivity index (χ0n) is 10.8. The van der Waals surface area contributed by atoms with Gasteiger partial charge in [0, 0.05) is 0 Å². The number of alkyl halides is 3. The third kappa shape index (κ3) is 3.91. The monoisotopic (exact) mass is 308 g/mol. The number of amides is 1. The summed E-state index contributed by atoms with van der Waals surface area (Å²) in [6.45, 7) is -0.553. The molecule has 0 aliphatic carbocycles. The van der Waals surface area contributed by atoms with E-state index in [0.717, 1.165) is 6.07 Å². The molecule has 1 aromatic carbocycles. The van der Waals surface area contributed by atoms with Gasteiger partial charge in [-0.3, -0.25) is 10.1 Å². The van der Waals surface area contributed by atoms with E-state index in [0.29, 0.717) is 6.92 Å². The highest BCUT2D eigenvalue weighted by Crippen LogP contribution is 2.30. The lowest BCUT2D eigenvalue weighted by Gasteiger charge is -2.28. The molecule has 1 unspecified atom stereocenters. The largest absolute Gasteiger partial charge is 0.480 e. The summed E-state index contributed by atoms with van der Waals surface area (Å²) in [6.07, 6.45) is -5.10. The van der Waals surface area contributed by atoms with Gasteiger partial charge in [-0.1, -0.05) is 12.1 Å². The van der Waals surface area contributed by atoms with Gasteiger partial charge in [-0.2, -0.15) is 13.2 Å². The van der Waals surface area contributed by atoms with Crippen molar-refractivity contribution in [1.82, 2.24) is 5.32 Å². The zero-order valence-corrected chi connectivity index (χ0v) is 10.8. The molecule has 5 nitrogen and oxygen atoms in total. The van der Waals surface area contributed by atoms with Crippen LogP contribution in [0, 0.1) is 5.82 Å². The molecule has 21 heavy (non-hydrogen) atoms. The molecular formula is C12H12F4N2O3. The van der Waals surface area contributed by atoms with Crippen LogP contribution in [-0.2, 0) is 9.59 Å². The van der Waals surface area contributed by atoms with Crippen LogP contribution in [0.5, 0.6) is 0 Å². The lowest BCUT2D eigenvalue weighted by Crippen LogP contribution is -2.61. The van der Waals surface area contributed by atoms with Gasteiger partial charge in [0.15, 0.2) is 0 Å². The van der Waals surface area contributed by atoms with Gasteiger partial charge in [-0.25, -0.2) is 9.18 Å². The Bertz CT molecular complexity index is 548. The van der Waals surface area contributed by atoms with E-state index in [2.05, 4.69) is 0 Å². The van der Waals surface area contributed by atoms with Gasteiger partial charge in [-0.05, 0) is 19.1 Å². The van der Waals surface area contributed by atoms with E-state index in [4.69, 9.17) is 5.11 Å². The Morgan fingerprint density at radius 3 is 2.29 bits per heavy atom. The highest BCUT2D eigenvalue weighted by molar-refractivity contribution is 5.93. The molecule has 0 fully saturated rings. The third-order valence-corrected chi connectivity index (χ3v) is 2.75. The molecule has 0 aromatic heterocycles. The summed E-state index contributed by atoms with van der Waals surface area (Å²) in [5.41, 5.74) is -3.49. The minimum absolute atomic E-state index is 0.215. The minimum Gasteiger partial charge on any atom is -0.480 e. The summed E-state index contributed by atoms with van der Waals surface area (Å²) in [6, 6.07) is 5.06. The number of rotatable bonds is 5. The van der Waals surface area contributed by atoms with E-state index in [1.807, 2.05) is 5.32 Å². The van der Waals surface area contributed by atoms with Crippen molar-refractivity contribution in [2.75, 3.05) is 11.9 Å². The first-order valence-corrected chi connectivity index (χ1v) is 5.67. The van der Waals surface area contributed by atoms with Crippen LogP contribution in [0.25, 0.3) is 0 Å². The predicted molar refractivity (Wildman–Crippen MR) is 65.1 cm³/mol. The first-order valence-electron chi connectivity index (χ1n) is 5.67. The van der Waals surface area contributed by atoms with Gasteiger partial charge >= 0.3 is 12.1 Å². The second-order valence-corrected chi connectivity index (χ2v) is 4.31. The number of benzene rings is 1. The van der Waals surface area contributed by atoms with Crippen molar-refractivity contribution in [3.63, 3.8) is 0 Å². The Morgan fingerprint density at radius 2 is 1.81 bits per heavy atom. The molecule has 1 atom stereocenters. The van der Waals surface area contributed by atoms with E-state index < -0.39 is 36.0 Å². The van der Waals surface area contributed by atoms with Crippen molar-refractivity contribution in [2.45, 2.75) is 18.6 Å². The molecule has 116 valence electrons. The Kier molecular flexibility index (Phi) is 4.89. The standard InChI is InChI=1S/C12H12F4N2O3/c1-11(10(20)21,12(14,15)16)17-6-9(19)18-8-5-3-2-4-7(8)13/h2-5,17H,6H2,1H3,(H,18,19)(H,20,21). The topological polar surface area (TPSA) is 78.4 Å². The Hall–Kier alpha value is -2.16. The van der Waals surface area contributed by atoms with Gasteiger partial charge in [0.1, 0.15) is 5.82 Å². The van der Waals surface area contributed by atoms with Crippen molar-refractivity contribution in [3.8, 4) is 0 Å². The molecular weight excluding hydrogens is 296 g/mol. The second-order valence-electron chi connectivity index (χ2n) is 4.31. The summed E-state index contributed by atoms with van der Waals surface area (Å²) >= 11 is 0. The highest BCUT2D eigenvalue weighted by atomic mass is 19.4. The van der Waals surface area contributed by atoms with E-state index in [1.54, 1.807) is 5.32 Å². The number of carbonyl (C=O) groups is 2. The molecule has 1 amide bonds. The van der Waals surface area contributed by atoms with Gasteiger partial charge in [-0.15, -0.1) is 0 Å². The lowest BCUT2D eigenvalue weighted by atomic mass is 10.0. The average molecular weight is 308 g/mol. The number of para-hydroxylation sites is 1. The first-order chi connectivity index (χ1) is 9.58. The van der Waals surface area contributed by atoms with Crippen molar-refractivity contribution in [1.29, 1.82) is 0 Å². The van der Waals surface area contributed by atoms with E-state index in [9.17, 15) is 27.2 Å². The maximum atomic E-state index is 13.2. The lowest BCUT2D eigenvalue weighted by molar-refractivity contribution is -0.205. The van der Waals surface area contributed by atoms with E-state index in [1.165, 1.54) is 18.2 Å². The number of hydrogen-bond acceptors (Lipinski definition) is 3. The fourth-order valence-corrected chi connectivity index (χ4v) is 1.31. The predicted octanol–water partition coefficient (Wildman–Crippen LogP) is 1.76. The number of anilines is 1.